The maximum Gasteiger partial charge on any atom is 0.274 e. The first-order valence-electron chi connectivity index (χ1n) is 8.14. The summed E-state index contributed by atoms with van der Waals surface area (Å²) in [6.45, 7) is 1.70. The van der Waals surface area contributed by atoms with Gasteiger partial charge in [-0.25, -0.2) is 13.9 Å². The highest BCUT2D eigenvalue weighted by molar-refractivity contribution is 7.71. The van der Waals surface area contributed by atoms with Crippen molar-refractivity contribution in [2.75, 3.05) is 11.5 Å². The maximum atomic E-state index is 12.5. The standard InChI is InChI=1S/C18H18N2O6S/c1-11(13-4-2-12(3-5-13)10-27(24)25)20-15-8-14(18(22)19-23)6-7-16(15)26-9-17(20)21/h2-8,11,23,27H,9-10H2,1H3,(H,19,22). The van der Waals surface area contributed by atoms with Gasteiger partial charge in [-0.15, -0.1) is 0 Å². The lowest BCUT2D eigenvalue weighted by molar-refractivity contribution is -0.121. The number of amides is 2. The van der Waals surface area contributed by atoms with Gasteiger partial charge in [-0.1, -0.05) is 24.3 Å². The summed E-state index contributed by atoms with van der Waals surface area (Å²) in [6.07, 6.45) is 0. The topological polar surface area (TPSA) is 113 Å². The van der Waals surface area contributed by atoms with Crippen LogP contribution in [0.5, 0.6) is 5.75 Å². The number of nitrogens with one attached hydrogen (secondary N) is 1. The lowest BCUT2D eigenvalue weighted by Gasteiger charge is -2.34. The number of rotatable bonds is 5. The van der Waals surface area contributed by atoms with Gasteiger partial charge in [0.25, 0.3) is 11.8 Å². The number of carbonyl (C=O) groups is 2. The second-order valence-electron chi connectivity index (χ2n) is 6.08. The third kappa shape index (κ3) is 3.93. The van der Waals surface area contributed by atoms with Gasteiger partial charge in [-0.3, -0.25) is 19.7 Å². The van der Waals surface area contributed by atoms with Crippen molar-refractivity contribution in [1.29, 1.82) is 0 Å². The molecule has 27 heavy (non-hydrogen) atoms. The van der Waals surface area contributed by atoms with E-state index >= 15 is 0 Å². The number of anilines is 1. The van der Waals surface area contributed by atoms with Gasteiger partial charge in [0, 0.05) is 5.56 Å². The number of hydrogen-bond donors (Lipinski definition) is 3. The maximum absolute atomic E-state index is 12.5. The van der Waals surface area contributed by atoms with E-state index in [4.69, 9.17) is 9.94 Å². The van der Waals surface area contributed by atoms with Crippen molar-refractivity contribution in [3.63, 3.8) is 0 Å². The summed E-state index contributed by atoms with van der Waals surface area (Å²) in [7, 11) is -2.51. The Morgan fingerprint density at radius 2 is 1.96 bits per heavy atom. The van der Waals surface area contributed by atoms with Crippen LogP contribution in [0.15, 0.2) is 42.5 Å². The number of ether oxygens (including phenoxy) is 1. The Morgan fingerprint density at radius 1 is 1.26 bits per heavy atom. The fraction of sp³-hybridized carbons (Fsp3) is 0.222. The Morgan fingerprint density at radius 3 is 2.59 bits per heavy atom. The van der Waals surface area contributed by atoms with Gasteiger partial charge in [0.15, 0.2) is 6.61 Å². The molecule has 0 saturated carbocycles. The number of hydrogen-bond acceptors (Lipinski definition) is 6. The smallest absolute Gasteiger partial charge is 0.274 e. The van der Waals surface area contributed by atoms with Gasteiger partial charge in [-0.2, -0.15) is 0 Å². The first-order valence-corrected chi connectivity index (χ1v) is 9.51. The van der Waals surface area contributed by atoms with Gasteiger partial charge < -0.3 is 4.74 Å². The molecular weight excluding hydrogens is 372 g/mol. The van der Waals surface area contributed by atoms with Crippen molar-refractivity contribution in [2.45, 2.75) is 18.7 Å². The van der Waals surface area contributed by atoms with E-state index < -0.39 is 16.6 Å². The molecule has 8 nitrogen and oxygen atoms in total. The second kappa shape index (κ2) is 7.77. The van der Waals surface area contributed by atoms with E-state index in [9.17, 15) is 18.0 Å². The van der Waals surface area contributed by atoms with E-state index in [1.54, 1.807) is 35.8 Å². The number of nitrogens with zero attached hydrogens (tertiary/aromatic N) is 1. The fourth-order valence-electron chi connectivity index (χ4n) is 3.00. The second-order valence-corrected chi connectivity index (χ2v) is 7.07. The van der Waals surface area contributed by atoms with E-state index in [-0.39, 0.29) is 29.9 Å². The van der Waals surface area contributed by atoms with Crippen LogP contribution >= 0.6 is 0 Å². The molecule has 0 aromatic heterocycles. The molecule has 3 rings (SSSR count). The summed E-state index contributed by atoms with van der Waals surface area (Å²) in [4.78, 5) is 25.7. The molecule has 2 amide bonds. The van der Waals surface area contributed by atoms with Crippen molar-refractivity contribution in [2.24, 2.45) is 0 Å². The van der Waals surface area contributed by atoms with E-state index in [0.29, 0.717) is 17.0 Å². The Bertz CT molecular complexity index is 947. The quantitative estimate of drug-likeness (QED) is 0.404. The molecule has 1 unspecified atom stereocenters. The molecule has 1 aliphatic rings. The van der Waals surface area contributed by atoms with Crippen LogP contribution < -0.4 is 15.1 Å². The third-order valence-electron chi connectivity index (χ3n) is 4.36. The normalized spacial score (nSPS) is 14.5. The van der Waals surface area contributed by atoms with Crippen molar-refractivity contribution in [1.82, 2.24) is 5.48 Å². The molecule has 0 radical (unpaired) electrons. The van der Waals surface area contributed by atoms with Crippen molar-refractivity contribution < 1.29 is 28.0 Å². The van der Waals surface area contributed by atoms with E-state index in [2.05, 4.69) is 0 Å². The van der Waals surface area contributed by atoms with E-state index in [0.717, 1.165) is 5.56 Å². The molecule has 2 N–H and O–H groups in total. The summed E-state index contributed by atoms with van der Waals surface area (Å²) >= 11 is 0. The molecule has 0 bridgehead atoms. The van der Waals surface area contributed by atoms with Crippen molar-refractivity contribution >= 4 is 28.2 Å². The van der Waals surface area contributed by atoms with Crippen LogP contribution in [-0.2, 0) is 21.3 Å². The summed E-state index contributed by atoms with van der Waals surface area (Å²) in [5.74, 6) is -0.554. The molecular formula is C18H18N2O6S. The average molecular weight is 390 g/mol. The number of hydroxylamine groups is 1. The highest BCUT2D eigenvalue weighted by Crippen LogP contribution is 2.38. The van der Waals surface area contributed by atoms with Crippen LogP contribution in [0.3, 0.4) is 0 Å². The zero-order valence-electron chi connectivity index (χ0n) is 14.4. The van der Waals surface area contributed by atoms with Crippen molar-refractivity contribution in [3.05, 3.63) is 59.2 Å². The van der Waals surface area contributed by atoms with E-state index in [1.807, 2.05) is 6.92 Å². The fourth-order valence-corrected chi connectivity index (χ4v) is 3.51. The van der Waals surface area contributed by atoms with Crippen LogP contribution in [0, 0.1) is 0 Å². The average Bonchev–Trinajstić information content (AvgIpc) is 2.66. The zero-order chi connectivity index (χ0) is 19.6. The van der Waals surface area contributed by atoms with Crippen molar-refractivity contribution in [3.8, 4) is 5.75 Å². The third-order valence-corrected chi connectivity index (χ3v) is 4.99. The molecule has 1 heterocycles. The minimum Gasteiger partial charge on any atom is -0.482 e. The molecule has 2 aromatic rings. The van der Waals surface area contributed by atoms with Crippen LogP contribution in [0.2, 0.25) is 0 Å². The number of thiol groups is 1. The summed E-state index contributed by atoms with van der Waals surface area (Å²) < 4.78 is 27.1. The van der Waals surface area contributed by atoms with E-state index in [1.165, 1.54) is 17.0 Å². The lowest BCUT2D eigenvalue weighted by Crippen LogP contribution is -2.40. The molecule has 142 valence electrons. The predicted octanol–water partition coefficient (Wildman–Crippen LogP) is 1.40. The predicted molar refractivity (Wildman–Crippen MR) is 97.6 cm³/mol. The first kappa shape index (κ1) is 18.9. The summed E-state index contributed by atoms with van der Waals surface area (Å²) in [5, 5.41) is 8.83. The number of fused-ring (bicyclic) bond motifs is 1. The van der Waals surface area contributed by atoms with Gasteiger partial charge in [0.05, 0.1) is 17.5 Å². The SMILES string of the molecule is CC(c1ccc(C[SH](=O)=O)cc1)N1C(=O)COc2ccc(C(=O)NO)cc21. The highest BCUT2D eigenvalue weighted by Gasteiger charge is 2.31. The molecule has 0 fully saturated rings. The van der Waals surface area contributed by atoms with Crippen LogP contribution in [0.25, 0.3) is 0 Å². The minimum absolute atomic E-state index is 0.0387. The lowest BCUT2D eigenvalue weighted by atomic mass is 10.0. The minimum atomic E-state index is -2.51. The first-order chi connectivity index (χ1) is 12.9. The van der Waals surface area contributed by atoms with Crippen LogP contribution in [0.4, 0.5) is 5.69 Å². The Balaban J connectivity index is 1.96. The molecule has 0 saturated heterocycles. The summed E-state index contributed by atoms with van der Waals surface area (Å²) in [6, 6.07) is 11.1. The monoisotopic (exact) mass is 390 g/mol. The number of carbonyl (C=O) groups excluding carboxylic acids is 2. The van der Waals surface area contributed by atoms with Gasteiger partial charge in [0.1, 0.15) is 16.5 Å². The molecule has 0 spiro atoms. The van der Waals surface area contributed by atoms with Crippen LogP contribution in [-0.4, -0.2) is 32.0 Å². The highest BCUT2D eigenvalue weighted by atomic mass is 32.2. The van der Waals surface area contributed by atoms with Crippen LogP contribution in [0.1, 0.15) is 34.5 Å². The Kier molecular flexibility index (Phi) is 5.43. The molecule has 1 aliphatic heterocycles. The Hall–Kier alpha value is -2.91. The molecule has 1 atom stereocenters. The largest absolute Gasteiger partial charge is 0.482 e. The molecule has 2 aromatic carbocycles. The van der Waals surface area contributed by atoms with Gasteiger partial charge in [0.2, 0.25) is 0 Å². The zero-order valence-corrected chi connectivity index (χ0v) is 15.3. The Labute approximate surface area is 157 Å². The molecule has 0 aliphatic carbocycles. The van der Waals surface area contributed by atoms with Gasteiger partial charge in [-0.05, 0) is 36.2 Å². The van der Waals surface area contributed by atoms with Gasteiger partial charge >= 0.3 is 0 Å². The number of benzene rings is 2. The summed E-state index contributed by atoms with van der Waals surface area (Å²) in [5.41, 5.74) is 3.64. The molecule has 9 heteroatoms.